The molecule has 0 aliphatic carbocycles. The molecule has 26 heavy (non-hydrogen) atoms. The maximum atomic E-state index is 13.2. The van der Waals surface area contributed by atoms with E-state index in [0.717, 1.165) is 54.3 Å². The molecule has 1 aliphatic heterocycles. The average Bonchev–Trinajstić information content (AvgIpc) is 2.97. The Morgan fingerprint density at radius 1 is 1.12 bits per heavy atom. The number of halogens is 1. The van der Waals surface area contributed by atoms with Gasteiger partial charge < -0.3 is 10.2 Å². The van der Waals surface area contributed by atoms with Gasteiger partial charge in [-0.3, -0.25) is 5.10 Å². The van der Waals surface area contributed by atoms with Gasteiger partial charge in [-0.1, -0.05) is 0 Å². The second-order valence-corrected chi connectivity index (χ2v) is 6.51. The predicted molar refractivity (Wildman–Crippen MR) is 98.4 cm³/mol. The molecule has 2 N–H and O–H groups in total. The third-order valence-electron chi connectivity index (χ3n) is 4.72. The van der Waals surface area contributed by atoms with Crippen LogP contribution in [0.1, 0.15) is 16.8 Å². The monoisotopic (exact) mass is 352 g/mol. The summed E-state index contributed by atoms with van der Waals surface area (Å²) in [6, 6.07) is 6.44. The van der Waals surface area contributed by atoms with Crippen LogP contribution in [0.2, 0.25) is 0 Å². The molecule has 0 spiro atoms. The Labute approximate surface area is 151 Å². The molecule has 0 amide bonds. The Bertz CT molecular complexity index is 889. The number of hydrogen-bond acceptors (Lipinski definition) is 5. The number of anilines is 1. The van der Waals surface area contributed by atoms with Gasteiger partial charge in [-0.15, -0.1) is 0 Å². The van der Waals surface area contributed by atoms with Crippen molar-refractivity contribution < 1.29 is 4.39 Å². The van der Waals surface area contributed by atoms with E-state index >= 15 is 0 Å². The molecular formula is C19H21FN6. The van der Waals surface area contributed by atoms with Crippen molar-refractivity contribution in [3.05, 3.63) is 59.4 Å². The number of H-pyrrole nitrogens is 1. The number of nitrogens with one attached hydrogen (secondary N) is 2. The van der Waals surface area contributed by atoms with E-state index in [9.17, 15) is 4.39 Å². The van der Waals surface area contributed by atoms with E-state index in [0.29, 0.717) is 6.54 Å². The van der Waals surface area contributed by atoms with Crippen LogP contribution in [0.5, 0.6) is 0 Å². The van der Waals surface area contributed by atoms with Crippen LogP contribution in [0.3, 0.4) is 0 Å². The van der Waals surface area contributed by atoms with E-state index in [1.54, 1.807) is 18.5 Å². The first kappa shape index (κ1) is 16.7. The SMILES string of the molecule is CN(Cc1cn[nH]c1-c1ccc(F)cc1)c1ncnc2c1CCNCC2. The molecule has 134 valence electrons. The first-order chi connectivity index (χ1) is 12.7. The molecule has 0 fully saturated rings. The summed E-state index contributed by atoms with van der Waals surface area (Å²) in [7, 11) is 2.03. The normalized spacial score (nSPS) is 13.9. The van der Waals surface area contributed by atoms with E-state index in [2.05, 4.69) is 30.4 Å². The van der Waals surface area contributed by atoms with Gasteiger partial charge >= 0.3 is 0 Å². The van der Waals surface area contributed by atoms with Gasteiger partial charge in [0.2, 0.25) is 0 Å². The minimum Gasteiger partial charge on any atom is -0.355 e. The summed E-state index contributed by atoms with van der Waals surface area (Å²) in [5.41, 5.74) is 5.19. The van der Waals surface area contributed by atoms with Crippen molar-refractivity contribution in [2.45, 2.75) is 19.4 Å². The third-order valence-corrected chi connectivity index (χ3v) is 4.72. The maximum absolute atomic E-state index is 13.2. The van der Waals surface area contributed by atoms with Gasteiger partial charge in [0, 0.05) is 43.2 Å². The van der Waals surface area contributed by atoms with Crippen molar-refractivity contribution in [1.82, 2.24) is 25.5 Å². The first-order valence-electron chi connectivity index (χ1n) is 8.75. The van der Waals surface area contributed by atoms with Gasteiger partial charge in [0.1, 0.15) is 18.0 Å². The smallest absolute Gasteiger partial charge is 0.135 e. The minimum absolute atomic E-state index is 0.246. The molecule has 7 heteroatoms. The Kier molecular flexibility index (Phi) is 4.62. The van der Waals surface area contributed by atoms with E-state index in [-0.39, 0.29) is 5.82 Å². The number of aromatic amines is 1. The molecule has 6 nitrogen and oxygen atoms in total. The van der Waals surface area contributed by atoms with E-state index in [4.69, 9.17) is 0 Å². The lowest BCUT2D eigenvalue weighted by Gasteiger charge is -2.22. The fourth-order valence-electron chi connectivity index (χ4n) is 3.41. The van der Waals surface area contributed by atoms with Gasteiger partial charge in [0.05, 0.1) is 17.6 Å². The Morgan fingerprint density at radius 3 is 2.77 bits per heavy atom. The molecule has 0 radical (unpaired) electrons. The lowest BCUT2D eigenvalue weighted by atomic mass is 10.1. The van der Waals surface area contributed by atoms with Crippen LogP contribution >= 0.6 is 0 Å². The maximum Gasteiger partial charge on any atom is 0.135 e. The van der Waals surface area contributed by atoms with E-state index < -0.39 is 0 Å². The van der Waals surface area contributed by atoms with Crippen molar-refractivity contribution >= 4 is 5.82 Å². The highest BCUT2D eigenvalue weighted by Gasteiger charge is 2.18. The van der Waals surface area contributed by atoms with Crippen molar-refractivity contribution in [3.63, 3.8) is 0 Å². The Balaban J connectivity index is 1.61. The lowest BCUT2D eigenvalue weighted by Crippen LogP contribution is -2.21. The van der Waals surface area contributed by atoms with Gasteiger partial charge in [0.15, 0.2) is 0 Å². The van der Waals surface area contributed by atoms with Gasteiger partial charge in [-0.2, -0.15) is 5.10 Å². The van der Waals surface area contributed by atoms with E-state index in [1.807, 2.05) is 13.2 Å². The highest BCUT2D eigenvalue weighted by molar-refractivity contribution is 5.63. The van der Waals surface area contributed by atoms with Crippen LogP contribution in [0.25, 0.3) is 11.3 Å². The molecule has 3 aromatic rings. The van der Waals surface area contributed by atoms with Gasteiger partial charge in [-0.05, 0) is 37.2 Å². The van der Waals surface area contributed by atoms with Crippen LogP contribution in [-0.4, -0.2) is 40.3 Å². The van der Waals surface area contributed by atoms with Crippen LogP contribution in [0.15, 0.2) is 36.8 Å². The number of hydrogen-bond donors (Lipinski definition) is 2. The molecule has 0 saturated carbocycles. The van der Waals surface area contributed by atoms with Crippen molar-refractivity contribution in [2.75, 3.05) is 25.0 Å². The zero-order valence-electron chi connectivity index (χ0n) is 14.7. The Morgan fingerprint density at radius 2 is 1.92 bits per heavy atom. The fraction of sp³-hybridized carbons (Fsp3) is 0.316. The third kappa shape index (κ3) is 3.30. The number of fused-ring (bicyclic) bond motifs is 1. The molecule has 1 aromatic carbocycles. The minimum atomic E-state index is -0.246. The molecule has 2 aromatic heterocycles. The molecule has 0 bridgehead atoms. The molecular weight excluding hydrogens is 331 g/mol. The molecule has 1 aliphatic rings. The summed E-state index contributed by atoms with van der Waals surface area (Å²) in [4.78, 5) is 11.1. The topological polar surface area (TPSA) is 69.7 Å². The number of aromatic nitrogens is 4. The van der Waals surface area contributed by atoms with Crippen LogP contribution < -0.4 is 10.2 Å². The van der Waals surface area contributed by atoms with Crippen LogP contribution in [-0.2, 0) is 19.4 Å². The quantitative estimate of drug-likeness (QED) is 0.754. The van der Waals surface area contributed by atoms with Gasteiger partial charge in [0.25, 0.3) is 0 Å². The predicted octanol–water partition coefficient (Wildman–Crippen LogP) is 2.33. The molecule has 0 saturated heterocycles. The summed E-state index contributed by atoms with van der Waals surface area (Å²) in [6.07, 6.45) is 5.31. The molecule has 3 heterocycles. The van der Waals surface area contributed by atoms with Crippen molar-refractivity contribution in [2.24, 2.45) is 0 Å². The van der Waals surface area contributed by atoms with Crippen molar-refractivity contribution in [1.29, 1.82) is 0 Å². The van der Waals surface area contributed by atoms with Crippen LogP contribution in [0, 0.1) is 5.82 Å². The fourth-order valence-corrected chi connectivity index (χ4v) is 3.41. The molecule has 0 atom stereocenters. The number of nitrogens with zero attached hydrogens (tertiary/aromatic N) is 4. The summed E-state index contributed by atoms with van der Waals surface area (Å²) < 4.78 is 13.2. The lowest BCUT2D eigenvalue weighted by molar-refractivity contribution is 0.628. The van der Waals surface area contributed by atoms with Crippen molar-refractivity contribution in [3.8, 4) is 11.3 Å². The summed E-state index contributed by atoms with van der Waals surface area (Å²) in [5, 5.41) is 10.6. The zero-order valence-corrected chi connectivity index (χ0v) is 14.7. The van der Waals surface area contributed by atoms with Crippen LogP contribution in [0.4, 0.5) is 10.2 Å². The average molecular weight is 352 g/mol. The summed E-state index contributed by atoms with van der Waals surface area (Å²) in [6.45, 7) is 2.54. The highest BCUT2D eigenvalue weighted by atomic mass is 19.1. The van der Waals surface area contributed by atoms with E-state index in [1.165, 1.54) is 17.7 Å². The summed E-state index contributed by atoms with van der Waals surface area (Å²) >= 11 is 0. The van der Waals surface area contributed by atoms with Gasteiger partial charge in [-0.25, -0.2) is 14.4 Å². The molecule has 0 unspecified atom stereocenters. The summed E-state index contributed by atoms with van der Waals surface area (Å²) in [5.74, 6) is 0.717. The largest absolute Gasteiger partial charge is 0.355 e. The number of rotatable bonds is 4. The second-order valence-electron chi connectivity index (χ2n) is 6.51. The molecule has 4 rings (SSSR count). The zero-order chi connectivity index (χ0) is 17.9. The highest BCUT2D eigenvalue weighted by Crippen LogP contribution is 2.26. The first-order valence-corrected chi connectivity index (χ1v) is 8.75. The standard InChI is InChI=1S/C19H21FN6/c1-26(19-16-6-8-21-9-7-17(16)22-12-23-19)11-14-10-24-25-18(14)13-2-4-15(20)5-3-13/h2-5,10,12,21H,6-9,11H2,1H3,(H,24,25). The number of benzene rings is 1. The Hall–Kier alpha value is -2.80. The second kappa shape index (κ2) is 7.21.